The molecule has 0 bridgehead atoms. The largest absolute Gasteiger partial charge is 0.373 e. The lowest BCUT2D eigenvalue weighted by molar-refractivity contribution is 1.000. The van der Waals surface area contributed by atoms with Crippen molar-refractivity contribution in [3.05, 3.63) is 12.0 Å². The predicted molar refractivity (Wildman–Crippen MR) is 54.8 cm³/mol. The van der Waals surface area contributed by atoms with Gasteiger partial charge in [-0.3, -0.25) is 0 Å². The highest BCUT2D eigenvalue weighted by Crippen LogP contribution is 2.06. The van der Waals surface area contributed by atoms with E-state index in [-0.39, 0.29) is 0 Å². The maximum atomic E-state index is 4.23. The molecule has 68 valence electrons. The van der Waals surface area contributed by atoms with Crippen LogP contribution < -0.4 is 5.32 Å². The van der Waals surface area contributed by atoms with Gasteiger partial charge in [-0.1, -0.05) is 6.92 Å². The lowest BCUT2D eigenvalue weighted by atomic mass is 10.5. The highest BCUT2D eigenvalue weighted by molar-refractivity contribution is 7.99. The van der Waals surface area contributed by atoms with Crippen LogP contribution >= 0.6 is 11.8 Å². The first-order chi connectivity index (χ1) is 5.86. The van der Waals surface area contributed by atoms with Gasteiger partial charge in [0.15, 0.2) is 0 Å². The lowest BCUT2D eigenvalue weighted by Gasteiger charge is -1.95. The first-order valence-electron chi connectivity index (χ1n) is 4.16. The monoisotopic (exact) mass is 185 g/mol. The smallest absolute Gasteiger partial charge is 0.123 e. The Labute approximate surface area is 77.4 Å². The number of hydrogen-bond donors (Lipinski definition) is 2. The SMILES string of the molecule is CCSCCc1ncc(NC)[nH]1. The van der Waals surface area contributed by atoms with E-state index in [9.17, 15) is 0 Å². The number of rotatable bonds is 5. The molecule has 0 saturated heterocycles. The summed E-state index contributed by atoms with van der Waals surface area (Å²) in [5, 5.41) is 3.01. The first-order valence-corrected chi connectivity index (χ1v) is 5.31. The molecule has 1 aromatic rings. The number of nitrogens with one attached hydrogen (secondary N) is 2. The summed E-state index contributed by atoms with van der Waals surface area (Å²) in [6.45, 7) is 2.17. The van der Waals surface area contributed by atoms with Gasteiger partial charge in [0.1, 0.15) is 11.6 Å². The number of aromatic nitrogens is 2. The van der Waals surface area contributed by atoms with E-state index in [1.807, 2.05) is 25.0 Å². The summed E-state index contributed by atoms with van der Waals surface area (Å²) in [6.07, 6.45) is 2.85. The van der Waals surface area contributed by atoms with Gasteiger partial charge in [0.05, 0.1) is 6.20 Å². The molecule has 0 spiro atoms. The minimum atomic E-state index is 0.992. The standard InChI is InChI=1S/C8H15N3S/c1-3-12-5-4-7-10-6-8(9-2)11-7/h6,9H,3-5H2,1-2H3,(H,10,11). The molecule has 0 aliphatic heterocycles. The second-order valence-electron chi connectivity index (χ2n) is 2.44. The van der Waals surface area contributed by atoms with Crippen LogP contribution in [0, 0.1) is 0 Å². The van der Waals surface area contributed by atoms with Gasteiger partial charge in [-0.25, -0.2) is 4.98 Å². The zero-order valence-electron chi connectivity index (χ0n) is 7.55. The number of imidazole rings is 1. The highest BCUT2D eigenvalue weighted by atomic mass is 32.2. The van der Waals surface area contributed by atoms with Crippen LogP contribution in [0.5, 0.6) is 0 Å². The Morgan fingerprint density at radius 2 is 2.50 bits per heavy atom. The number of anilines is 1. The number of hydrogen-bond acceptors (Lipinski definition) is 3. The number of thioether (sulfide) groups is 1. The minimum absolute atomic E-state index is 0.992. The lowest BCUT2D eigenvalue weighted by Crippen LogP contribution is -1.92. The molecule has 3 nitrogen and oxygen atoms in total. The van der Waals surface area contributed by atoms with Crippen molar-refractivity contribution in [2.24, 2.45) is 0 Å². The van der Waals surface area contributed by atoms with Crippen LogP contribution in [0.1, 0.15) is 12.7 Å². The van der Waals surface area contributed by atoms with E-state index in [1.54, 1.807) is 0 Å². The number of H-pyrrole nitrogens is 1. The fourth-order valence-electron chi connectivity index (χ4n) is 0.930. The van der Waals surface area contributed by atoms with E-state index in [4.69, 9.17) is 0 Å². The molecular formula is C8H15N3S. The molecule has 12 heavy (non-hydrogen) atoms. The third-order valence-corrected chi connectivity index (χ3v) is 2.49. The Hall–Kier alpha value is -0.640. The third kappa shape index (κ3) is 2.77. The molecular weight excluding hydrogens is 170 g/mol. The molecule has 2 N–H and O–H groups in total. The molecule has 0 saturated carbocycles. The van der Waals surface area contributed by atoms with Gasteiger partial charge in [-0.2, -0.15) is 11.8 Å². The van der Waals surface area contributed by atoms with Crippen molar-refractivity contribution in [1.82, 2.24) is 9.97 Å². The van der Waals surface area contributed by atoms with E-state index in [0.717, 1.165) is 23.8 Å². The molecule has 4 heteroatoms. The fourth-order valence-corrected chi connectivity index (χ4v) is 1.56. The molecule has 0 radical (unpaired) electrons. The number of nitrogens with zero attached hydrogens (tertiary/aromatic N) is 1. The summed E-state index contributed by atoms with van der Waals surface area (Å²) >= 11 is 1.94. The molecule has 1 aromatic heterocycles. The van der Waals surface area contributed by atoms with E-state index in [2.05, 4.69) is 22.2 Å². The van der Waals surface area contributed by atoms with Gasteiger partial charge in [0.25, 0.3) is 0 Å². The molecule has 0 fully saturated rings. The fraction of sp³-hybridized carbons (Fsp3) is 0.625. The molecule has 1 rings (SSSR count). The molecule has 0 atom stereocenters. The van der Waals surface area contributed by atoms with Crippen LogP contribution in [-0.4, -0.2) is 28.5 Å². The van der Waals surface area contributed by atoms with E-state index in [0.29, 0.717) is 0 Å². The number of aromatic amines is 1. The minimum Gasteiger partial charge on any atom is -0.373 e. The van der Waals surface area contributed by atoms with Crippen LogP contribution in [0.4, 0.5) is 5.82 Å². The van der Waals surface area contributed by atoms with E-state index >= 15 is 0 Å². The highest BCUT2D eigenvalue weighted by Gasteiger charge is 1.97. The Bertz CT molecular complexity index is 222. The van der Waals surface area contributed by atoms with Gasteiger partial charge in [0.2, 0.25) is 0 Å². The summed E-state index contributed by atoms with van der Waals surface area (Å²) in [7, 11) is 1.89. The summed E-state index contributed by atoms with van der Waals surface area (Å²) in [5.74, 6) is 4.39. The Balaban J connectivity index is 2.31. The maximum absolute atomic E-state index is 4.23. The number of aryl methyl sites for hydroxylation is 1. The summed E-state index contributed by atoms with van der Waals surface area (Å²) in [5.41, 5.74) is 0. The molecule has 0 aliphatic carbocycles. The Kier molecular flexibility index (Phi) is 4.00. The van der Waals surface area contributed by atoms with Gasteiger partial charge in [-0.15, -0.1) is 0 Å². The quantitative estimate of drug-likeness (QED) is 0.687. The van der Waals surface area contributed by atoms with Crippen molar-refractivity contribution in [1.29, 1.82) is 0 Å². The summed E-state index contributed by atoms with van der Waals surface area (Å²) in [4.78, 5) is 7.41. The normalized spacial score (nSPS) is 10.2. The zero-order chi connectivity index (χ0) is 8.81. The third-order valence-electron chi connectivity index (χ3n) is 1.59. The second kappa shape index (κ2) is 5.09. The van der Waals surface area contributed by atoms with Crippen molar-refractivity contribution >= 4 is 17.6 Å². The summed E-state index contributed by atoms with van der Waals surface area (Å²) < 4.78 is 0. The first kappa shape index (κ1) is 9.45. The van der Waals surface area contributed by atoms with Crippen LogP contribution in [0.2, 0.25) is 0 Å². The molecule has 0 amide bonds. The average molecular weight is 185 g/mol. The average Bonchev–Trinajstić information content (AvgIpc) is 2.53. The van der Waals surface area contributed by atoms with Crippen molar-refractivity contribution in [3.63, 3.8) is 0 Å². The van der Waals surface area contributed by atoms with Crippen molar-refractivity contribution in [3.8, 4) is 0 Å². The van der Waals surface area contributed by atoms with Crippen molar-refractivity contribution in [2.45, 2.75) is 13.3 Å². The van der Waals surface area contributed by atoms with E-state index in [1.165, 1.54) is 5.75 Å². The second-order valence-corrected chi connectivity index (χ2v) is 3.83. The van der Waals surface area contributed by atoms with Crippen LogP contribution in [0.25, 0.3) is 0 Å². The van der Waals surface area contributed by atoms with Crippen LogP contribution in [-0.2, 0) is 6.42 Å². The Morgan fingerprint density at radius 1 is 1.67 bits per heavy atom. The van der Waals surface area contributed by atoms with Crippen LogP contribution in [0.15, 0.2) is 6.20 Å². The van der Waals surface area contributed by atoms with Crippen LogP contribution in [0.3, 0.4) is 0 Å². The zero-order valence-corrected chi connectivity index (χ0v) is 8.37. The molecule has 0 aliphatic rings. The van der Waals surface area contributed by atoms with Crippen molar-refractivity contribution in [2.75, 3.05) is 23.9 Å². The van der Waals surface area contributed by atoms with E-state index < -0.39 is 0 Å². The van der Waals surface area contributed by atoms with Gasteiger partial charge in [-0.05, 0) is 5.75 Å². The van der Waals surface area contributed by atoms with Gasteiger partial charge < -0.3 is 10.3 Å². The molecule has 1 heterocycles. The maximum Gasteiger partial charge on any atom is 0.123 e. The molecule has 0 unspecified atom stereocenters. The van der Waals surface area contributed by atoms with Crippen molar-refractivity contribution < 1.29 is 0 Å². The molecule has 0 aromatic carbocycles. The predicted octanol–water partition coefficient (Wildman–Crippen LogP) is 1.75. The van der Waals surface area contributed by atoms with Gasteiger partial charge >= 0.3 is 0 Å². The topological polar surface area (TPSA) is 40.7 Å². The summed E-state index contributed by atoms with van der Waals surface area (Å²) in [6, 6.07) is 0. The van der Waals surface area contributed by atoms with Gasteiger partial charge in [0, 0.05) is 19.2 Å². The Morgan fingerprint density at radius 3 is 3.08 bits per heavy atom.